The van der Waals surface area contributed by atoms with E-state index in [-0.39, 0.29) is 30.4 Å². The molecule has 106 valence electrons. The molecule has 7 heteroatoms. The maximum absolute atomic E-state index is 13.7. The zero-order valence-corrected chi connectivity index (χ0v) is 11.0. The fraction of sp³-hybridized carbons (Fsp3) is 0.462. The van der Waals surface area contributed by atoms with Crippen LogP contribution in [0.4, 0.5) is 8.78 Å². The summed E-state index contributed by atoms with van der Waals surface area (Å²) in [5.74, 6) is -1.28. The zero-order valence-electron chi connectivity index (χ0n) is 11.0. The van der Waals surface area contributed by atoms with Gasteiger partial charge in [-0.05, 0) is 36.6 Å². The molecular formula is C13H14F2N4O. The van der Waals surface area contributed by atoms with Crippen molar-refractivity contribution in [2.24, 2.45) is 11.0 Å². The van der Waals surface area contributed by atoms with Gasteiger partial charge in [-0.15, -0.1) is 0 Å². The summed E-state index contributed by atoms with van der Waals surface area (Å²) in [7, 11) is 0. The minimum absolute atomic E-state index is 0.0718. The standard InChI is InChI=1S/C13H14F2N4O/c1-8(11-5-10(14)2-3-12(11)15)19-7-9(4-13(19)20)6-17-18-16/h2-3,5,8-9H,4,6-7H2,1H3. The van der Waals surface area contributed by atoms with Crippen molar-refractivity contribution < 1.29 is 13.6 Å². The fourth-order valence-electron chi connectivity index (χ4n) is 2.46. The van der Waals surface area contributed by atoms with Gasteiger partial charge in [0.1, 0.15) is 11.6 Å². The Morgan fingerprint density at radius 1 is 1.55 bits per heavy atom. The Morgan fingerprint density at radius 3 is 3.00 bits per heavy atom. The maximum Gasteiger partial charge on any atom is 0.223 e. The van der Waals surface area contributed by atoms with E-state index < -0.39 is 17.7 Å². The van der Waals surface area contributed by atoms with Crippen LogP contribution in [0.1, 0.15) is 24.9 Å². The lowest BCUT2D eigenvalue weighted by atomic mass is 10.1. The highest BCUT2D eigenvalue weighted by molar-refractivity contribution is 5.79. The monoisotopic (exact) mass is 280 g/mol. The van der Waals surface area contributed by atoms with Crippen LogP contribution in [0.15, 0.2) is 23.3 Å². The van der Waals surface area contributed by atoms with Gasteiger partial charge in [0.2, 0.25) is 5.91 Å². The summed E-state index contributed by atoms with van der Waals surface area (Å²) in [4.78, 5) is 16.1. The molecule has 0 aromatic heterocycles. The van der Waals surface area contributed by atoms with Gasteiger partial charge < -0.3 is 4.90 Å². The van der Waals surface area contributed by atoms with Crippen LogP contribution in [-0.4, -0.2) is 23.9 Å². The molecule has 1 fully saturated rings. The lowest BCUT2D eigenvalue weighted by molar-refractivity contribution is -0.129. The number of hydrogen-bond donors (Lipinski definition) is 0. The van der Waals surface area contributed by atoms with Crippen molar-refractivity contribution >= 4 is 5.91 Å². The first-order chi connectivity index (χ1) is 9.52. The predicted octanol–water partition coefficient (Wildman–Crippen LogP) is 3.18. The van der Waals surface area contributed by atoms with E-state index in [4.69, 9.17) is 5.53 Å². The molecule has 1 aliphatic rings. The van der Waals surface area contributed by atoms with Gasteiger partial charge >= 0.3 is 0 Å². The summed E-state index contributed by atoms with van der Waals surface area (Å²) < 4.78 is 26.9. The number of azide groups is 1. The summed E-state index contributed by atoms with van der Waals surface area (Å²) in [5, 5.41) is 3.45. The normalized spacial score (nSPS) is 19.9. The fourth-order valence-corrected chi connectivity index (χ4v) is 2.46. The van der Waals surface area contributed by atoms with Gasteiger partial charge in [0, 0.05) is 30.0 Å². The first kappa shape index (κ1) is 14.3. The minimum atomic E-state index is -0.547. The predicted molar refractivity (Wildman–Crippen MR) is 68.6 cm³/mol. The molecule has 2 unspecified atom stereocenters. The summed E-state index contributed by atoms with van der Waals surface area (Å²) in [5.41, 5.74) is 8.44. The maximum atomic E-state index is 13.7. The van der Waals surface area contributed by atoms with Gasteiger partial charge in [-0.3, -0.25) is 4.79 Å². The van der Waals surface area contributed by atoms with E-state index in [1.165, 1.54) is 4.90 Å². The third kappa shape index (κ3) is 2.88. The summed E-state index contributed by atoms with van der Waals surface area (Å²) in [6.45, 7) is 2.28. The van der Waals surface area contributed by atoms with Crippen LogP contribution in [-0.2, 0) is 4.79 Å². The molecule has 0 saturated carbocycles. The van der Waals surface area contributed by atoms with Crippen molar-refractivity contribution in [2.45, 2.75) is 19.4 Å². The summed E-state index contributed by atoms with van der Waals surface area (Å²) in [6.07, 6.45) is 0.264. The van der Waals surface area contributed by atoms with Gasteiger partial charge in [0.25, 0.3) is 0 Å². The first-order valence-electron chi connectivity index (χ1n) is 6.28. The Bertz CT molecular complexity index is 571. The molecule has 1 aliphatic heterocycles. The summed E-state index contributed by atoms with van der Waals surface area (Å²) >= 11 is 0. The highest BCUT2D eigenvalue weighted by atomic mass is 19.1. The Morgan fingerprint density at radius 2 is 2.30 bits per heavy atom. The second kappa shape index (κ2) is 5.88. The molecular weight excluding hydrogens is 266 g/mol. The molecule has 0 bridgehead atoms. The third-order valence-electron chi connectivity index (χ3n) is 3.52. The lowest BCUT2D eigenvalue weighted by Crippen LogP contribution is -2.29. The van der Waals surface area contributed by atoms with Gasteiger partial charge in [-0.1, -0.05) is 5.11 Å². The lowest BCUT2D eigenvalue weighted by Gasteiger charge is -2.25. The van der Waals surface area contributed by atoms with Crippen molar-refractivity contribution in [1.29, 1.82) is 0 Å². The zero-order chi connectivity index (χ0) is 14.7. The molecule has 5 nitrogen and oxygen atoms in total. The van der Waals surface area contributed by atoms with Crippen LogP contribution < -0.4 is 0 Å². The largest absolute Gasteiger partial charge is 0.336 e. The second-order valence-corrected chi connectivity index (χ2v) is 4.87. The molecule has 1 aromatic rings. The van der Waals surface area contributed by atoms with Crippen LogP contribution in [0.25, 0.3) is 10.4 Å². The van der Waals surface area contributed by atoms with Crippen LogP contribution in [0.2, 0.25) is 0 Å². The van der Waals surface area contributed by atoms with E-state index in [1.807, 2.05) is 0 Å². The van der Waals surface area contributed by atoms with Crippen molar-refractivity contribution in [3.8, 4) is 0 Å². The molecule has 1 saturated heterocycles. The molecule has 0 N–H and O–H groups in total. The quantitative estimate of drug-likeness (QED) is 0.474. The average Bonchev–Trinajstić information content (AvgIpc) is 2.79. The number of nitrogens with zero attached hydrogens (tertiary/aromatic N) is 4. The molecule has 20 heavy (non-hydrogen) atoms. The van der Waals surface area contributed by atoms with E-state index in [0.717, 1.165) is 18.2 Å². The van der Waals surface area contributed by atoms with Gasteiger partial charge in [0.05, 0.1) is 6.04 Å². The van der Waals surface area contributed by atoms with E-state index >= 15 is 0 Å². The average molecular weight is 280 g/mol. The highest BCUT2D eigenvalue weighted by Crippen LogP contribution is 2.30. The van der Waals surface area contributed by atoms with Crippen LogP contribution >= 0.6 is 0 Å². The molecule has 0 spiro atoms. The number of likely N-dealkylation sites (tertiary alicyclic amines) is 1. The number of carbonyl (C=O) groups is 1. The van der Waals surface area contributed by atoms with Gasteiger partial charge in [-0.2, -0.15) is 0 Å². The van der Waals surface area contributed by atoms with Crippen molar-refractivity contribution in [3.05, 3.63) is 45.8 Å². The number of benzene rings is 1. The van der Waals surface area contributed by atoms with Gasteiger partial charge in [-0.25, -0.2) is 8.78 Å². The highest BCUT2D eigenvalue weighted by Gasteiger charge is 2.33. The molecule has 2 rings (SSSR count). The Kier molecular flexibility index (Phi) is 4.20. The SMILES string of the molecule is CC(c1cc(F)ccc1F)N1CC(CN=[N+]=[N-])CC1=O. The molecule has 0 radical (unpaired) electrons. The first-order valence-corrected chi connectivity index (χ1v) is 6.28. The Balaban J connectivity index is 2.16. The third-order valence-corrected chi connectivity index (χ3v) is 3.52. The Hall–Kier alpha value is -2.14. The van der Waals surface area contributed by atoms with E-state index in [0.29, 0.717) is 6.54 Å². The number of carbonyl (C=O) groups excluding carboxylic acids is 1. The smallest absolute Gasteiger partial charge is 0.223 e. The van der Waals surface area contributed by atoms with Gasteiger partial charge in [0.15, 0.2) is 0 Å². The van der Waals surface area contributed by atoms with Crippen molar-refractivity contribution in [3.63, 3.8) is 0 Å². The van der Waals surface area contributed by atoms with Crippen molar-refractivity contribution in [2.75, 3.05) is 13.1 Å². The Labute approximate surface area is 114 Å². The number of hydrogen-bond acceptors (Lipinski definition) is 2. The van der Waals surface area contributed by atoms with Crippen molar-refractivity contribution in [1.82, 2.24) is 4.90 Å². The minimum Gasteiger partial charge on any atom is -0.336 e. The number of rotatable bonds is 4. The number of amides is 1. The molecule has 2 atom stereocenters. The van der Waals surface area contributed by atoms with E-state index in [2.05, 4.69) is 10.0 Å². The summed E-state index contributed by atoms with van der Waals surface area (Å²) in [6, 6.07) is 2.66. The topological polar surface area (TPSA) is 69.1 Å². The van der Waals surface area contributed by atoms with Crippen LogP contribution in [0.5, 0.6) is 0 Å². The molecule has 0 aliphatic carbocycles. The van der Waals surface area contributed by atoms with E-state index in [1.54, 1.807) is 6.92 Å². The molecule has 1 aromatic carbocycles. The molecule has 1 heterocycles. The van der Waals surface area contributed by atoms with Crippen LogP contribution in [0.3, 0.4) is 0 Å². The second-order valence-electron chi connectivity index (χ2n) is 4.87. The van der Waals surface area contributed by atoms with Crippen LogP contribution in [0, 0.1) is 17.6 Å². The number of halogens is 2. The molecule has 1 amide bonds. The van der Waals surface area contributed by atoms with E-state index in [9.17, 15) is 13.6 Å².